The molecule has 2 rings (SSSR count). The van der Waals surface area contributed by atoms with Crippen molar-refractivity contribution in [2.75, 3.05) is 11.9 Å². The molecule has 94 valence electrons. The quantitative estimate of drug-likeness (QED) is 0.898. The minimum Gasteiger partial charge on any atom is -0.369 e. The van der Waals surface area contributed by atoms with Gasteiger partial charge < -0.3 is 10.6 Å². The lowest BCUT2D eigenvalue weighted by atomic mass is 10.1. The molecule has 2 N–H and O–H groups in total. The Bertz CT molecular complexity index is 528. The zero-order valence-corrected chi connectivity index (χ0v) is 10.3. The number of pyridine rings is 1. The summed E-state index contributed by atoms with van der Waals surface area (Å²) in [6.45, 7) is 0.935. The zero-order valence-electron chi connectivity index (χ0n) is 10.3. The van der Waals surface area contributed by atoms with Crippen LogP contribution in [0.3, 0.4) is 0 Å². The van der Waals surface area contributed by atoms with Crippen molar-refractivity contribution in [2.24, 2.45) is 5.73 Å². The van der Waals surface area contributed by atoms with Crippen LogP contribution in [0.5, 0.6) is 0 Å². The van der Waals surface area contributed by atoms with Crippen LogP contribution >= 0.6 is 0 Å². The molecular formula is C14H16FN3. The molecule has 1 heterocycles. The maximum Gasteiger partial charge on any atom is 0.128 e. The van der Waals surface area contributed by atoms with Gasteiger partial charge in [0.15, 0.2) is 0 Å². The Balaban J connectivity index is 2.22. The molecule has 18 heavy (non-hydrogen) atoms. The predicted molar refractivity (Wildman–Crippen MR) is 70.6 cm³/mol. The summed E-state index contributed by atoms with van der Waals surface area (Å²) in [6.07, 6.45) is 3.46. The first kappa shape index (κ1) is 12.5. The topological polar surface area (TPSA) is 42.2 Å². The number of rotatable bonds is 4. The van der Waals surface area contributed by atoms with Gasteiger partial charge in [0.1, 0.15) is 5.82 Å². The van der Waals surface area contributed by atoms with E-state index in [1.165, 1.54) is 6.07 Å². The molecule has 0 atom stereocenters. The molecule has 1 aromatic heterocycles. The van der Waals surface area contributed by atoms with Gasteiger partial charge in [-0.15, -0.1) is 0 Å². The number of benzene rings is 1. The smallest absolute Gasteiger partial charge is 0.128 e. The summed E-state index contributed by atoms with van der Waals surface area (Å²) in [6, 6.07) is 8.65. The molecule has 2 aromatic rings. The summed E-state index contributed by atoms with van der Waals surface area (Å²) in [5.41, 5.74) is 8.28. The van der Waals surface area contributed by atoms with Crippen molar-refractivity contribution in [1.82, 2.24) is 4.98 Å². The molecule has 0 amide bonds. The van der Waals surface area contributed by atoms with Crippen molar-refractivity contribution >= 4 is 5.69 Å². The Hall–Kier alpha value is -1.94. The van der Waals surface area contributed by atoms with Gasteiger partial charge in [-0.05, 0) is 17.7 Å². The second-order valence-corrected chi connectivity index (χ2v) is 4.16. The SMILES string of the molecule is CN(Cc1ccccc1F)c1cnccc1CN. The van der Waals surface area contributed by atoms with Gasteiger partial charge in [0.25, 0.3) is 0 Å². The Morgan fingerprint density at radius 2 is 2.00 bits per heavy atom. The number of halogens is 1. The first-order valence-corrected chi connectivity index (χ1v) is 5.80. The fourth-order valence-corrected chi connectivity index (χ4v) is 1.90. The van der Waals surface area contributed by atoms with E-state index in [2.05, 4.69) is 4.98 Å². The number of nitrogens with zero attached hydrogens (tertiary/aromatic N) is 2. The zero-order chi connectivity index (χ0) is 13.0. The summed E-state index contributed by atoms with van der Waals surface area (Å²) in [5.74, 6) is -0.192. The van der Waals surface area contributed by atoms with Crippen LogP contribution in [-0.4, -0.2) is 12.0 Å². The Kier molecular flexibility index (Phi) is 3.89. The summed E-state index contributed by atoms with van der Waals surface area (Å²) < 4.78 is 13.6. The van der Waals surface area contributed by atoms with Crippen molar-refractivity contribution in [3.05, 3.63) is 59.7 Å². The average Bonchev–Trinajstić information content (AvgIpc) is 2.41. The van der Waals surface area contributed by atoms with Crippen molar-refractivity contribution in [1.29, 1.82) is 0 Å². The molecule has 0 unspecified atom stereocenters. The monoisotopic (exact) mass is 245 g/mol. The van der Waals surface area contributed by atoms with E-state index in [1.807, 2.05) is 24.1 Å². The molecule has 0 spiro atoms. The highest BCUT2D eigenvalue weighted by atomic mass is 19.1. The fraction of sp³-hybridized carbons (Fsp3) is 0.214. The third-order valence-corrected chi connectivity index (χ3v) is 2.88. The maximum absolute atomic E-state index is 13.6. The maximum atomic E-state index is 13.6. The van der Waals surface area contributed by atoms with E-state index < -0.39 is 0 Å². The minimum absolute atomic E-state index is 0.192. The molecule has 0 bridgehead atoms. The standard InChI is InChI=1S/C14H16FN3/c1-18(10-12-4-2-3-5-13(12)15)14-9-17-7-6-11(14)8-16/h2-7,9H,8,10,16H2,1H3. The van der Waals surface area contributed by atoms with Crippen molar-refractivity contribution < 1.29 is 4.39 Å². The first-order chi connectivity index (χ1) is 8.72. The molecule has 0 aliphatic carbocycles. The van der Waals surface area contributed by atoms with Gasteiger partial charge in [0.2, 0.25) is 0 Å². The van der Waals surface area contributed by atoms with E-state index >= 15 is 0 Å². The van der Waals surface area contributed by atoms with Crippen LogP contribution in [0.1, 0.15) is 11.1 Å². The van der Waals surface area contributed by atoms with Crippen molar-refractivity contribution in [2.45, 2.75) is 13.1 Å². The van der Waals surface area contributed by atoms with Crippen LogP contribution in [0.15, 0.2) is 42.7 Å². The molecule has 0 saturated heterocycles. The molecule has 4 heteroatoms. The van der Waals surface area contributed by atoms with Crippen LogP contribution < -0.4 is 10.6 Å². The van der Waals surface area contributed by atoms with Gasteiger partial charge in [-0.25, -0.2) is 4.39 Å². The second-order valence-electron chi connectivity index (χ2n) is 4.16. The highest BCUT2D eigenvalue weighted by Gasteiger charge is 2.09. The van der Waals surface area contributed by atoms with E-state index in [0.29, 0.717) is 18.7 Å². The Morgan fingerprint density at radius 3 is 2.72 bits per heavy atom. The van der Waals surface area contributed by atoms with Crippen LogP contribution in [0.4, 0.5) is 10.1 Å². The number of aromatic nitrogens is 1. The van der Waals surface area contributed by atoms with Gasteiger partial charge >= 0.3 is 0 Å². The van der Waals surface area contributed by atoms with Gasteiger partial charge in [-0.3, -0.25) is 4.98 Å². The predicted octanol–water partition coefficient (Wildman–Crippen LogP) is 2.32. The highest BCUT2D eigenvalue weighted by molar-refractivity contribution is 5.51. The van der Waals surface area contributed by atoms with Crippen LogP contribution in [0.2, 0.25) is 0 Å². The van der Waals surface area contributed by atoms with Crippen LogP contribution in [-0.2, 0) is 13.1 Å². The average molecular weight is 245 g/mol. The van der Waals surface area contributed by atoms with Gasteiger partial charge in [0.05, 0.1) is 11.9 Å². The van der Waals surface area contributed by atoms with Crippen molar-refractivity contribution in [3.8, 4) is 0 Å². The third kappa shape index (κ3) is 2.65. The van der Waals surface area contributed by atoms with E-state index in [9.17, 15) is 4.39 Å². The van der Waals surface area contributed by atoms with Crippen LogP contribution in [0, 0.1) is 5.82 Å². The molecule has 0 fully saturated rings. The number of hydrogen-bond donors (Lipinski definition) is 1. The molecule has 0 aliphatic heterocycles. The molecule has 0 aliphatic rings. The lowest BCUT2D eigenvalue weighted by Gasteiger charge is -2.21. The van der Waals surface area contributed by atoms with Crippen LogP contribution in [0.25, 0.3) is 0 Å². The van der Waals surface area contributed by atoms with Gasteiger partial charge in [-0.1, -0.05) is 18.2 Å². The third-order valence-electron chi connectivity index (χ3n) is 2.88. The normalized spacial score (nSPS) is 10.4. The van der Waals surface area contributed by atoms with E-state index in [0.717, 1.165) is 11.3 Å². The lowest BCUT2D eigenvalue weighted by Crippen LogP contribution is -2.19. The second kappa shape index (κ2) is 5.60. The van der Waals surface area contributed by atoms with E-state index in [4.69, 9.17) is 5.73 Å². The van der Waals surface area contributed by atoms with E-state index in [-0.39, 0.29) is 5.82 Å². The number of hydrogen-bond acceptors (Lipinski definition) is 3. The Labute approximate surface area is 106 Å². The minimum atomic E-state index is -0.192. The van der Waals surface area contributed by atoms with Gasteiger partial charge in [-0.2, -0.15) is 0 Å². The largest absolute Gasteiger partial charge is 0.369 e. The highest BCUT2D eigenvalue weighted by Crippen LogP contribution is 2.20. The summed E-state index contributed by atoms with van der Waals surface area (Å²) in [5, 5.41) is 0. The van der Waals surface area contributed by atoms with Gasteiger partial charge in [0, 0.05) is 31.9 Å². The Morgan fingerprint density at radius 1 is 1.22 bits per heavy atom. The van der Waals surface area contributed by atoms with Crippen molar-refractivity contribution in [3.63, 3.8) is 0 Å². The van der Waals surface area contributed by atoms with E-state index in [1.54, 1.807) is 24.5 Å². The summed E-state index contributed by atoms with van der Waals surface area (Å²) in [7, 11) is 1.91. The lowest BCUT2D eigenvalue weighted by molar-refractivity contribution is 0.607. The molecule has 0 radical (unpaired) electrons. The molecule has 1 aromatic carbocycles. The first-order valence-electron chi connectivity index (χ1n) is 5.80. The molecule has 3 nitrogen and oxygen atoms in total. The molecular weight excluding hydrogens is 229 g/mol. The number of nitrogens with two attached hydrogens (primary N) is 1. The fourth-order valence-electron chi connectivity index (χ4n) is 1.90. The molecule has 0 saturated carbocycles. The summed E-state index contributed by atoms with van der Waals surface area (Å²) in [4.78, 5) is 6.04. The number of anilines is 1. The summed E-state index contributed by atoms with van der Waals surface area (Å²) >= 11 is 0.